The van der Waals surface area contributed by atoms with E-state index >= 15 is 0 Å². The van der Waals surface area contributed by atoms with E-state index in [4.69, 9.17) is 10.5 Å². The Bertz CT molecular complexity index is 454. The zero-order chi connectivity index (χ0) is 18.7. The van der Waals surface area contributed by atoms with Crippen molar-refractivity contribution in [1.82, 2.24) is 15.1 Å². The highest BCUT2D eigenvalue weighted by molar-refractivity contribution is 5.85. The molecular formula is C17H33N5O3. The fraction of sp³-hybridized carbons (Fsp3) is 0.824. The van der Waals surface area contributed by atoms with Crippen molar-refractivity contribution in [2.75, 3.05) is 53.5 Å². The molecule has 1 fully saturated rings. The molecule has 3 N–H and O–H groups in total. The highest BCUT2D eigenvalue weighted by Crippen LogP contribution is 2.19. The number of likely N-dealkylation sites (N-methyl/N-ethyl adjacent to an activating group) is 1. The molecule has 0 spiro atoms. The third-order valence-electron chi connectivity index (χ3n) is 4.12. The number of likely N-dealkylation sites (tertiary alicyclic amines) is 1. The maximum Gasteiger partial charge on any atom is 0.243 e. The third kappa shape index (κ3) is 8.72. The number of nitrogens with one attached hydrogen (secondary N) is 1. The smallest absolute Gasteiger partial charge is 0.243 e. The molecule has 0 aromatic rings. The van der Waals surface area contributed by atoms with Gasteiger partial charge in [-0.1, -0.05) is 0 Å². The van der Waals surface area contributed by atoms with Crippen LogP contribution in [-0.4, -0.2) is 81.1 Å². The average molecular weight is 355 g/mol. The molecule has 0 radical (unpaired) electrons. The molecule has 1 rings (SSSR count). The Balaban J connectivity index is 2.66. The molecule has 1 unspecified atom stereocenters. The fourth-order valence-electron chi connectivity index (χ4n) is 2.78. The van der Waals surface area contributed by atoms with Crippen molar-refractivity contribution in [3.05, 3.63) is 0 Å². The van der Waals surface area contributed by atoms with Crippen LogP contribution in [0.2, 0.25) is 0 Å². The van der Waals surface area contributed by atoms with Gasteiger partial charge in [-0.15, -0.1) is 0 Å². The summed E-state index contributed by atoms with van der Waals surface area (Å²) < 4.78 is 5.35. The lowest BCUT2D eigenvalue weighted by molar-refractivity contribution is -0.127. The normalized spacial score (nSPS) is 18.1. The topological polar surface area (TPSA) is 100 Å². The second-order valence-corrected chi connectivity index (χ2v) is 6.53. The first-order valence-corrected chi connectivity index (χ1v) is 9.03. The lowest BCUT2D eigenvalue weighted by atomic mass is 9.95. The summed E-state index contributed by atoms with van der Waals surface area (Å²) in [6, 6.07) is 0. The number of nitrogens with two attached hydrogens (primary N) is 1. The van der Waals surface area contributed by atoms with Crippen molar-refractivity contribution >= 4 is 17.8 Å². The number of hydrogen-bond donors (Lipinski definition) is 2. The van der Waals surface area contributed by atoms with Gasteiger partial charge in [-0.2, -0.15) is 0 Å². The number of piperidine rings is 1. The number of guanidine groups is 1. The molecule has 1 saturated heterocycles. The summed E-state index contributed by atoms with van der Waals surface area (Å²) in [5.74, 6) is 0.657. The summed E-state index contributed by atoms with van der Waals surface area (Å²) in [5.41, 5.74) is 5.34. The number of hydrogen-bond acceptors (Lipinski definition) is 4. The molecule has 25 heavy (non-hydrogen) atoms. The highest BCUT2D eigenvalue weighted by atomic mass is 16.5. The zero-order valence-electron chi connectivity index (χ0n) is 15.8. The molecule has 1 atom stereocenters. The first kappa shape index (κ1) is 21.2. The molecule has 0 saturated carbocycles. The van der Waals surface area contributed by atoms with E-state index in [0.29, 0.717) is 19.6 Å². The Morgan fingerprint density at radius 2 is 2.16 bits per heavy atom. The Morgan fingerprint density at radius 1 is 1.40 bits per heavy atom. The Labute approximate surface area is 150 Å². The third-order valence-corrected chi connectivity index (χ3v) is 4.12. The summed E-state index contributed by atoms with van der Waals surface area (Å²) in [6.07, 6.45) is 3.24. The Morgan fingerprint density at radius 3 is 2.80 bits per heavy atom. The molecule has 8 heteroatoms. The zero-order valence-corrected chi connectivity index (χ0v) is 15.8. The second kappa shape index (κ2) is 11.7. The van der Waals surface area contributed by atoms with E-state index in [-0.39, 0.29) is 24.3 Å². The molecule has 1 aliphatic rings. The van der Waals surface area contributed by atoms with Gasteiger partial charge in [0, 0.05) is 53.4 Å². The van der Waals surface area contributed by atoms with E-state index in [1.54, 1.807) is 14.1 Å². The van der Waals surface area contributed by atoms with E-state index in [9.17, 15) is 9.59 Å². The van der Waals surface area contributed by atoms with E-state index in [0.717, 1.165) is 44.9 Å². The average Bonchev–Trinajstić information content (AvgIpc) is 2.56. The van der Waals surface area contributed by atoms with Gasteiger partial charge in [0.15, 0.2) is 5.96 Å². The van der Waals surface area contributed by atoms with Crippen molar-refractivity contribution in [3.63, 3.8) is 0 Å². The number of primary amides is 1. The van der Waals surface area contributed by atoms with E-state index in [2.05, 4.69) is 15.2 Å². The predicted molar refractivity (Wildman–Crippen MR) is 98.2 cm³/mol. The van der Waals surface area contributed by atoms with Gasteiger partial charge in [0.05, 0.1) is 0 Å². The van der Waals surface area contributed by atoms with E-state index in [1.807, 2.05) is 6.92 Å². The van der Waals surface area contributed by atoms with Crippen LogP contribution in [0.1, 0.15) is 32.6 Å². The Kier molecular flexibility index (Phi) is 9.91. The first-order valence-electron chi connectivity index (χ1n) is 9.03. The minimum absolute atomic E-state index is 0.0423. The van der Waals surface area contributed by atoms with Gasteiger partial charge in [0.2, 0.25) is 11.8 Å². The number of carbonyl (C=O) groups excluding carboxylic acids is 2. The largest absolute Gasteiger partial charge is 0.382 e. The molecule has 1 aliphatic heterocycles. The van der Waals surface area contributed by atoms with Gasteiger partial charge < -0.3 is 25.6 Å². The van der Waals surface area contributed by atoms with Gasteiger partial charge in [0.1, 0.15) is 6.54 Å². The summed E-state index contributed by atoms with van der Waals surface area (Å²) >= 11 is 0. The van der Waals surface area contributed by atoms with Crippen LogP contribution in [0.3, 0.4) is 0 Å². The van der Waals surface area contributed by atoms with E-state index in [1.165, 1.54) is 4.90 Å². The number of ether oxygens (including phenoxy) is 1. The minimum atomic E-state index is -0.266. The first-order chi connectivity index (χ1) is 11.9. The van der Waals surface area contributed by atoms with Crippen molar-refractivity contribution in [3.8, 4) is 0 Å². The lowest BCUT2D eigenvalue weighted by Crippen LogP contribution is -2.48. The molecular weight excluding hydrogens is 322 g/mol. The molecule has 1 heterocycles. The number of aliphatic imine (C=N–C) groups is 1. The van der Waals surface area contributed by atoms with Gasteiger partial charge in [0.25, 0.3) is 0 Å². The van der Waals surface area contributed by atoms with Crippen molar-refractivity contribution in [2.45, 2.75) is 32.6 Å². The molecule has 8 nitrogen and oxygen atoms in total. The van der Waals surface area contributed by atoms with Crippen molar-refractivity contribution < 1.29 is 14.3 Å². The van der Waals surface area contributed by atoms with Crippen LogP contribution in [0.15, 0.2) is 4.99 Å². The molecule has 2 amide bonds. The molecule has 0 bridgehead atoms. The van der Waals surface area contributed by atoms with Crippen LogP contribution in [0.4, 0.5) is 0 Å². The van der Waals surface area contributed by atoms with Crippen molar-refractivity contribution in [1.29, 1.82) is 0 Å². The summed E-state index contributed by atoms with van der Waals surface area (Å²) in [7, 11) is 3.44. The van der Waals surface area contributed by atoms with E-state index < -0.39 is 0 Å². The molecule has 0 aliphatic carbocycles. The second-order valence-electron chi connectivity index (χ2n) is 6.53. The quantitative estimate of drug-likeness (QED) is 0.345. The predicted octanol–water partition coefficient (Wildman–Crippen LogP) is 0.0342. The lowest BCUT2D eigenvalue weighted by Gasteiger charge is -2.34. The van der Waals surface area contributed by atoms with Crippen LogP contribution >= 0.6 is 0 Å². The molecule has 0 aromatic heterocycles. The summed E-state index contributed by atoms with van der Waals surface area (Å²) in [4.78, 5) is 31.2. The number of nitrogens with zero attached hydrogens (tertiary/aromatic N) is 3. The number of carbonyl (C=O) groups is 2. The van der Waals surface area contributed by atoms with Crippen LogP contribution in [-0.2, 0) is 14.3 Å². The van der Waals surface area contributed by atoms with Gasteiger partial charge in [-0.05, 0) is 32.1 Å². The fourth-order valence-corrected chi connectivity index (χ4v) is 2.78. The maximum atomic E-state index is 11.8. The summed E-state index contributed by atoms with van der Waals surface area (Å²) in [5, 5.41) is 3.33. The number of rotatable bonds is 9. The maximum absolute atomic E-state index is 11.8. The van der Waals surface area contributed by atoms with Crippen LogP contribution in [0, 0.1) is 5.92 Å². The summed E-state index contributed by atoms with van der Waals surface area (Å²) in [6.45, 7) is 5.81. The Hall–Kier alpha value is -1.83. The SMILES string of the molecule is CCOCCCNC(=NCC(=O)N(C)C)N1CCCC(CC(N)=O)C1. The van der Waals surface area contributed by atoms with Crippen LogP contribution in [0.25, 0.3) is 0 Å². The minimum Gasteiger partial charge on any atom is -0.382 e. The highest BCUT2D eigenvalue weighted by Gasteiger charge is 2.23. The van der Waals surface area contributed by atoms with Crippen molar-refractivity contribution in [2.24, 2.45) is 16.6 Å². The number of amides is 2. The monoisotopic (exact) mass is 355 g/mol. The van der Waals surface area contributed by atoms with Crippen LogP contribution in [0.5, 0.6) is 0 Å². The van der Waals surface area contributed by atoms with Crippen LogP contribution < -0.4 is 11.1 Å². The van der Waals surface area contributed by atoms with Gasteiger partial charge in [-0.25, -0.2) is 4.99 Å². The van der Waals surface area contributed by atoms with Gasteiger partial charge >= 0.3 is 0 Å². The standard InChI is InChI=1S/C17H33N5O3/c1-4-25-10-6-8-19-17(20-12-16(24)21(2)3)22-9-5-7-14(13-22)11-15(18)23/h14H,4-13H2,1-3H3,(H2,18,23)(H,19,20). The molecule has 144 valence electrons. The molecule has 0 aromatic carbocycles. The van der Waals surface area contributed by atoms with Gasteiger partial charge in [-0.3, -0.25) is 9.59 Å².